The van der Waals surface area contributed by atoms with E-state index in [1.165, 1.54) is 6.20 Å². The van der Waals surface area contributed by atoms with E-state index in [2.05, 4.69) is 15.5 Å². The monoisotopic (exact) mass is 278 g/mol. The lowest BCUT2D eigenvalue weighted by atomic mass is 10.1. The van der Waals surface area contributed by atoms with Gasteiger partial charge in [-0.3, -0.25) is 9.89 Å². The van der Waals surface area contributed by atoms with Crippen molar-refractivity contribution in [2.75, 3.05) is 11.1 Å². The Kier molecular flexibility index (Phi) is 3.39. The lowest BCUT2D eigenvalue weighted by Gasteiger charge is -2.08. The molecule has 0 aliphatic heterocycles. The summed E-state index contributed by atoms with van der Waals surface area (Å²) in [4.78, 5) is 12.4. The van der Waals surface area contributed by atoms with Crippen molar-refractivity contribution < 1.29 is 4.79 Å². The molecule has 0 aliphatic carbocycles. The van der Waals surface area contributed by atoms with Crippen LogP contribution in [0.5, 0.6) is 0 Å². The van der Waals surface area contributed by atoms with Crippen LogP contribution in [0.4, 0.5) is 11.4 Å². The van der Waals surface area contributed by atoms with Gasteiger partial charge in [0.25, 0.3) is 5.91 Å². The fourth-order valence-electron chi connectivity index (χ4n) is 2.08. The van der Waals surface area contributed by atoms with Crippen molar-refractivity contribution in [1.29, 1.82) is 0 Å². The molecular weight excluding hydrogens is 264 g/mol. The number of aromatic nitrogens is 2. The molecule has 0 spiro atoms. The molecule has 0 aliphatic rings. The molecule has 1 heterocycles. The number of aromatic amines is 1. The van der Waals surface area contributed by atoms with Crippen LogP contribution in [-0.4, -0.2) is 16.1 Å². The number of rotatable bonds is 3. The standard InChI is InChI=1S/C16H14N4O/c17-13-8-4-5-9-14(13)19-16(21)12-10-18-20-15(12)11-6-2-1-3-7-11/h1-10H,17H2,(H,18,20)(H,19,21). The van der Waals surface area contributed by atoms with Crippen molar-refractivity contribution in [3.63, 3.8) is 0 Å². The second kappa shape index (κ2) is 5.50. The topological polar surface area (TPSA) is 83.8 Å². The summed E-state index contributed by atoms with van der Waals surface area (Å²) >= 11 is 0. The SMILES string of the molecule is Nc1ccccc1NC(=O)c1cn[nH]c1-c1ccccc1. The minimum Gasteiger partial charge on any atom is -0.397 e. The van der Waals surface area contributed by atoms with E-state index in [0.29, 0.717) is 22.6 Å². The molecule has 1 amide bonds. The number of amides is 1. The summed E-state index contributed by atoms with van der Waals surface area (Å²) in [5.74, 6) is -0.250. The smallest absolute Gasteiger partial charge is 0.259 e. The lowest BCUT2D eigenvalue weighted by molar-refractivity contribution is 0.102. The van der Waals surface area contributed by atoms with Crippen LogP contribution < -0.4 is 11.1 Å². The Bertz CT molecular complexity index is 765. The summed E-state index contributed by atoms with van der Waals surface area (Å²) in [6.07, 6.45) is 1.51. The molecule has 1 aromatic heterocycles. The quantitative estimate of drug-likeness (QED) is 0.644. The number of carbonyl (C=O) groups excluding carboxylic acids is 1. The van der Waals surface area contributed by atoms with Crippen molar-refractivity contribution in [3.05, 3.63) is 66.4 Å². The summed E-state index contributed by atoms with van der Waals surface area (Å²) in [7, 11) is 0. The highest BCUT2D eigenvalue weighted by atomic mass is 16.1. The van der Waals surface area contributed by atoms with Gasteiger partial charge in [-0.15, -0.1) is 0 Å². The first-order valence-electron chi connectivity index (χ1n) is 6.50. The van der Waals surface area contributed by atoms with E-state index in [1.54, 1.807) is 12.1 Å². The Morgan fingerprint density at radius 2 is 1.76 bits per heavy atom. The van der Waals surface area contributed by atoms with E-state index in [1.807, 2.05) is 42.5 Å². The van der Waals surface area contributed by atoms with Crippen molar-refractivity contribution in [1.82, 2.24) is 10.2 Å². The maximum atomic E-state index is 12.4. The van der Waals surface area contributed by atoms with Gasteiger partial charge in [0.2, 0.25) is 0 Å². The Balaban J connectivity index is 1.90. The van der Waals surface area contributed by atoms with Crippen molar-refractivity contribution in [3.8, 4) is 11.3 Å². The largest absolute Gasteiger partial charge is 0.397 e. The summed E-state index contributed by atoms with van der Waals surface area (Å²) in [6.45, 7) is 0. The van der Waals surface area contributed by atoms with Gasteiger partial charge < -0.3 is 11.1 Å². The number of nitrogen functional groups attached to an aromatic ring is 1. The number of anilines is 2. The highest BCUT2D eigenvalue weighted by Gasteiger charge is 2.15. The maximum absolute atomic E-state index is 12.4. The minimum absolute atomic E-state index is 0.250. The van der Waals surface area contributed by atoms with Crippen molar-refractivity contribution in [2.45, 2.75) is 0 Å². The molecule has 0 unspecified atom stereocenters. The van der Waals surface area contributed by atoms with E-state index in [-0.39, 0.29) is 5.91 Å². The lowest BCUT2D eigenvalue weighted by Crippen LogP contribution is -2.13. The minimum atomic E-state index is -0.250. The van der Waals surface area contributed by atoms with Crippen LogP contribution in [0.1, 0.15) is 10.4 Å². The zero-order valence-corrected chi connectivity index (χ0v) is 11.2. The third kappa shape index (κ3) is 2.62. The summed E-state index contributed by atoms with van der Waals surface area (Å²) in [5, 5.41) is 9.63. The molecule has 5 nitrogen and oxygen atoms in total. The molecule has 0 saturated carbocycles. The number of hydrogen-bond donors (Lipinski definition) is 3. The Morgan fingerprint density at radius 1 is 1.05 bits per heavy atom. The number of nitrogens with zero attached hydrogens (tertiary/aromatic N) is 1. The predicted octanol–water partition coefficient (Wildman–Crippen LogP) is 2.91. The number of H-pyrrole nitrogens is 1. The molecule has 5 heteroatoms. The second-order valence-corrected chi connectivity index (χ2v) is 4.57. The third-order valence-corrected chi connectivity index (χ3v) is 3.16. The molecule has 4 N–H and O–H groups in total. The normalized spacial score (nSPS) is 10.3. The number of nitrogens with two attached hydrogens (primary N) is 1. The van der Waals surface area contributed by atoms with E-state index in [0.717, 1.165) is 5.56 Å². The fourth-order valence-corrected chi connectivity index (χ4v) is 2.08. The second-order valence-electron chi connectivity index (χ2n) is 4.57. The number of benzene rings is 2. The Morgan fingerprint density at radius 3 is 2.52 bits per heavy atom. The summed E-state index contributed by atoms with van der Waals surface area (Å²) in [6, 6.07) is 16.7. The van der Waals surface area contributed by atoms with Gasteiger partial charge in [0.15, 0.2) is 0 Å². The first kappa shape index (κ1) is 12.9. The van der Waals surface area contributed by atoms with Crippen LogP contribution in [0.15, 0.2) is 60.8 Å². The van der Waals surface area contributed by atoms with E-state index in [9.17, 15) is 4.79 Å². The molecular formula is C16H14N4O. The molecule has 3 aromatic rings. The van der Waals surface area contributed by atoms with Gasteiger partial charge in [0.1, 0.15) is 0 Å². The van der Waals surface area contributed by atoms with Crippen LogP contribution in [0.3, 0.4) is 0 Å². The Hall–Kier alpha value is -3.08. The van der Waals surface area contributed by atoms with Gasteiger partial charge in [0.05, 0.1) is 28.8 Å². The van der Waals surface area contributed by atoms with Crippen LogP contribution in [0.25, 0.3) is 11.3 Å². The van der Waals surface area contributed by atoms with Gasteiger partial charge in [-0.1, -0.05) is 42.5 Å². The number of nitrogens with one attached hydrogen (secondary N) is 2. The molecule has 21 heavy (non-hydrogen) atoms. The summed E-state index contributed by atoms with van der Waals surface area (Å²) in [5.41, 5.74) is 9.01. The summed E-state index contributed by atoms with van der Waals surface area (Å²) < 4.78 is 0. The first-order valence-corrected chi connectivity index (χ1v) is 6.50. The van der Waals surface area contributed by atoms with Gasteiger partial charge >= 0.3 is 0 Å². The van der Waals surface area contributed by atoms with E-state index >= 15 is 0 Å². The van der Waals surface area contributed by atoms with Gasteiger partial charge in [-0.2, -0.15) is 5.10 Å². The van der Waals surface area contributed by atoms with Crippen LogP contribution >= 0.6 is 0 Å². The van der Waals surface area contributed by atoms with Crippen molar-refractivity contribution in [2.24, 2.45) is 0 Å². The number of para-hydroxylation sites is 2. The molecule has 0 bridgehead atoms. The fraction of sp³-hybridized carbons (Fsp3) is 0. The average Bonchev–Trinajstić information content (AvgIpc) is 3.00. The highest BCUT2D eigenvalue weighted by Crippen LogP contribution is 2.23. The maximum Gasteiger partial charge on any atom is 0.259 e. The Labute approximate surface area is 121 Å². The van der Waals surface area contributed by atoms with Crippen LogP contribution in [-0.2, 0) is 0 Å². The molecule has 0 fully saturated rings. The molecule has 2 aromatic carbocycles. The highest BCUT2D eigenvalue weighted by molar-refractivity contribution is 6.09. The van der Waals surface area contributed by atoms with Gasteiger partial charge in [0, 0.05) is 5.56 Å². The van der Waals surface area contributed by atoms with E-state index in [4.69, 9.17) is 5.73 Å². The molecule has 104 valence electrons. The van der Waals surface area contributed by atoms with E-state index < -0.39 is 0 Å². The molecule has 3 rings (SSSR count). The van der Waals surface area contributed by atoms with Gasteiger partial charge in [-0.05, 0) is 12.1 Å². The average molecular weight is 278 g/mol. The zero-order chi connectivity index (χ0) is 14.7. The zero-order valence-electron chi connectivity index (χ0n) is 11.2. The predicted molar refractivity (Wildman–Crippen MR) is 82.8 cm³/mol. The third-order valence-electron chi connectivity index (χ3n) is 3.16. The number of hydrogen-bond acceptors (Lipinski definition) is 3. The van der Waals surface area contributed by atoms with Crippen molar-refractivity contribution >= 4 is 17.3 Å². The number of carbonyl (C=O) groups is 1. The molecule has 0 radical (unpaired) electrons. The molecule has 0 atom stereocenters. The van der Waals surface area contributed by atoms with Gasteiger partial charge in [-0.25, -0.2) is 0 Å². The van der Waals surface area contributed by atoms with Crippen LogP contribution in [0.2, 0.25) is 0 Å². The molecule has 0 saturated heterocycles. The van der Waals surface area contributed by atoms with Crippen LogP contribution in [0, 0.1) is 0 Å². The first-order chi connectivity index (χ1) is 10.3.